The molecule has 1 aliphatic heterocycles. The average Bonchev–Trinajstić information content (AvgIpc) is 3.10. The Morgan fingerprint density at radius 2 is 2.12 bits per heavy atom. The fourth-order valence-corrected chi connectivity index (χ4v) is 3.13. The summed E-state index contributed by atoms with van der Waals surface area (Å²) in [6.45, 7) is 4.74. The minimum absolute atomic E-state index is 0.118. The van der Waals surface area contributed by atoms with E-state index in [1.807, 2.05) is 6.92 Å². The van der Waals surface area contributed by atoms with Crippen LogP contribution < -0.4 is 0 Å². The molecule has 24 heavy (non-hydrogen) atoms. The van der Waals surface area contributed by atoms with Gasteiger partial charge in [0.1, 0.15) is 12.7 Å². The molecule has 3 atom stereocenters. The summed E-state index contributed by atoms with van der Waals surface area (Å²) >= 11 is 0. The van der Waals surface area contributed by atoms with E-state index < -0.39 is 41.4 Å². The first-order valence-corrected chi connectivity index (χ1v) is 8.22. The fourth-order valence-electron chi connectivity index (χ4n) is 3.13. The summed E-state index contributed by atoms with van der Waals surface area (Å²) in [6.07, 6.45) is 1.95. The van der Waals surface area contributed by atoms with E-state index in [1.165, 1.54) is 0 Å². The molecule has 7 nitrogen and oxygen atoms in total. The summed E-state index contributed by atoms with van der Waals surface area (Å²) < 4.78 is 15.2. The molecule has 0 radical (unpaired) electrons. The first kappa shape index (κ1) is 18.2. The standard InChI is InChI=1S/C17H23NO6/c1-4-16(2,3)14(20)23-9-13(19)22-8-12-11-6-5-7-17(11,10-18)15(21)24-12/h11-12H,4-9H2,1-3H3/t11?,12-,17?/m0/s1. The number of carbonyl (C=O) groups excluding carboxylic acids is 3. The maximum Gasteiger partial charge on any atom is 0.344 e. The molecule has 0 aromatic rings. The lowest BCUT2D eigenvalue weighted by molar-refractivity contribution is -0.167. The third-order valence-electron chi connectivity index (χ3n) is 5.16. The smallest absolute Gasteiger partial charge is 0.344 e. The Balaban J connectivity index is 1.82. The van der Waals surface area contributed by atoms with Gasteiger partial charge in [-0.3, -0.25) is 9.59 Å². The summed E-state index contributed by atoms with van der Waals surface area (Å²) in [6, 6.07) is 2.09. The summed E-state index contributed by atoms with van der Waals surface area (Å²) in [5.74, 6) is -1.93. The van der Waals surface area contributed by atoms with Crippen LogP contribution in [0.1, 0.15) is 46.5 Å². The fraction of sp³-hybridized carbons (Fsp3) is 0.765. The molecule has 0 amide bonds. The molecule has 7 heteroatoms. The van der Waals surface area contributed by atoms with Crippen molar-refractivity contribution in [3.63, 3.8) is 0 Å². The van der Waals surface area contributed by atoms with Crippen LogP contribution in [0.5, 0.6) is 0 Å². The zero-order valence-electron chi connectivity index (χ0n) is 14.3. The van der Waals surface area contributed by atoms with Crippen molar-refractivity contribution >= 4 is 17.9 Å². The van der Waals surface area contributed by atoms with E-state index in [0.29, 0.717) is 19.3 Å². The molecule has 0 N–H and O–H groups in total. The van der Waals surface area contributed by atoms with Crippen LogP contribution in [0, 0.1) is 28.1 Å². The lowest BCUT2D eigenvalue weighted by Gasteiger charge is -2.20. The monoisotopic (exact) mass is 337 g/mol. The van der Waals surface area contributed by atoms with Gasteiger partial charge in [0.05, 0.1) is 11.5 Å². The largest absolute Gasteiger partial charge is 0.459 e. The Kier molecular flexibility index (Phi) is 5.16. The molecular weight excluding hydrogens is 314 g/mol. The molecule has 2 unspecified atom stereocenters. The van der Waals surface area contributed by atoms with Crippen molar-refractivity contribution in [3.8, 4) is 6.07 Å². The minimum Gasteiger partial charge on any atom is -0.459 e. The van der Waals surface area contributed by atoms with Gasteiger partial charge >= 0.3 is 17.9 Å². The highest BCUT2D eigenvalue weighted by molar-refractivity contribution is 5.83. The summed E-state index contributed by atoms with van der Waals surface area (Å²) in [7, 11) is 0. The number of nitriles is 1. The highest BCUT2D eigenvalue weighted by Gasteiger charge is 2.60. The normalized spacial score (nSPS) is 28.7. The Labute approximate surface area is 141 Å². The number of cyclic esters (lactones) is 1. The van der Waals surface area contributed by atoms with Gasteiger partial charge < -0.3 is 14.2 Å². The van der Waals surface area contributed by atoms with Crippen LogP contribution in [0.3, 0.4) is 0 Å². The van der Waals surface area contributed by atoms with E-state index in [1.54, 1.807) is 13.8 Å². The first-order chi connectivity index (χ1) is 11.3. The van der Waals surface area contributed by atoms with Gasteiger partial charge in [-0.1, -0.05) is 13.3 Å². The van der Waals surface area contributed by atoms with Crippen LogP contribution in [-0.2, 0) is 28.6 Å². The Morgan fingerprint density at radius 1 is 1.42 bits per heavy atom. The summed E-state index contributed by atoms with van der Waals surface area (Å²) in [4.78, 5) is 35.5. The van der Waals surface area contributed by atoms with Crippen LogP contribution in [0.15, 0.2) is 0 Å². The van der Waals surface area contributed by atoms with Crippen LogP contribution in [0.4, 0.5) is 0 Å². The molecule has 1 heterocycles. The number of carbonyl (C=O) groups is 3. The van der Waals surface area contributed by atoms with Crippen molar-refractivity contribution in [2.24, 2.45) is 16.7 Å². The van der Waals surface area contributed by atoms with E-state index in [2.05, 4.69) is 6.07 Å². The lowest BCUT2D eigenvalue weighted by atomic mass is 9.79. The number of hydrogen-bond donors (Lipinski definition) is 0. The molecular formula is C17H23NO6. The van der Waals surface area contributed by atoms with Crippen molar-refractivity contribution in [1.82, 2.24) is 0 Å². The highest BCUT2D eigenvalue weighted by Crippen LogP contribution is 2.51. The van der Waals surface area contributed by atoms with Gasteiger partial charge in [0.15, 0.2) is 12.0 Å². The molecule has 2 rings (SSSR count). The Morgan fingerprint density at radius 3 is 2.75 bits per heavy atom. The minimum atomic E-state index is -1.09. The lowest BCUT2D eigenvalue weighted by Crippen LogP contribution is -2.31. The van der Waals surface area contributed by atoms with Crippen LogP contribution in [-0.4, -0.2) is 37.2 Å². The maximum absolute atomic E-state index is 12.0. The van der Waals surface area contributed by atoms with Gasteiger partial charge in [0, 0.05) is 5.92 Å². The maximum atomic E-state index is 12.0. The molecule has 1 saturated heterocycles. The van der Waals surface area contributed by atoms with Gasteiger partial charge in [0.25, 0.3) is 0 Å². The molecule has 2 aliphatic rings. The van der Waals surface area contributed by atoms with Gasteiger partial charge in [-0.25, -0.2) is 4.79 Å². The molecule has 132 valence electrons. The zero-order chi connectivity index (χ0) is 18.0. The number of hydrogen-bond acceptors (Lipinski definition) is 7. The quantitative estimate of drug-likeness (QED) is 0.537. The van der Waals surface area contributed by atoms with Crippen LogP contribution in [0.25, 0.3) is 0 Å². The van der Waals surface area contributed by atoms with Gasteiger partial charge in [-0.05, 0) is 33.1 Å². The second-order valence-corrected chi connectivity index (χ2v) is 7.02. The number of nitrogens with zero attached hydrogens (tertiary/aromatic N) is 1. The van der Waals surface area contributed by atoms with E-state index in [-0.39, 0.29) is 12.5 Å². The second kappa shape index (κ2) is 6.80. The number of rotatable bonds is 6. The van der Waals surface area contributed by atoms with Gasteiger partial charge in [-0.15, -0.1) is 0 Å². The molecule has 2 fully saturated rings. The molecule has 1 aliphatic carbocycles. The van der Waals surface area contributed by atoms with Gasteiger partial charge in [-0.2, -0.15) is 5.26 Å². The molecule has 0 aromatic heterocycles. The third kappa shape index (κ3) is 3.23. The molecule has 0 aromatic carbocycles. The highest BCUT2D eigenvalue weighted by atomic mass is 16.6. The predicted octanol–water partition coefficient (Wildman–Crippen LogP) is 1.74. The number of ether oxygens (including phenoxy) is 3. The van der Waals surface area contributed by atoms with Crippen molar-refractivity contribution < 1.29 is 28.6 Å². The number of esters is 3. The summed E-state index contributed by atoms with van der Waals surface area (Å²) in [5, 5.41) is 9.32. The molecule has 1 saturated carbocycles. The van der Waals surface area contributed by atoms with E-state index in [9.17, 15) is 19.6 Å². The second-order valence-electron chi connectivity index (χ2n) is 7.02. The third-order valence-corrected chi connectivity index (χ3v) is 5.16. The Bertz CT molecular complexity index is 578. The van der Waals surface area contributed by atoms with Gasteiger partial charge in [0.2, 0.25) is 0 Å². The van der Waals surface area contributed by atoms with Crippen molar-refractivity contribution in [2.75, 3.05) is 13.2 Å². The zero-order valence-corrected chi connectivity index (χ0v) is 14.3. The van der Waals surface area contributed by atoms with E-state index in [4.69, 9.17) is 14.2 Å². The van der Waals surface area contributed by atoms with E-state index in [0.717, 1.165) is 6.42 Å². The first-order valence-electron chi connectivity index (χ1n) is 8.22. The van der Waals surface area contributed by atoms with Crippen LogP contribution in [0.2, 0.25) is 0 Å². The predicted molar refractivity (Wildman–Crippen MR) is 81.3 cm³/mol. The van der Waals surface area contributed by atoms with Crippen molar-refractivity contribution in [2.45, 2.75) is 52.6 Å². The van der Waals surface area contributed by atoms with E-state index >= 15 is 0 Å². The summed E-state index contributed by atoms with van der Waals surface area (Å²) in [5.41, 5.74) is -1.74. The van der Waals surface area contributed by atoms with Crippen molar-refractivity contribution in [3.05, 3.63) is 0 Å². The topological polar surface area (TPSA) is 103 Å². The molecule has 0 bridgehead atoms. The Hall–Kier alpha value is -2.10. The van der Waals surface area contributed by atoms with Crippen molar-refractivity contribution in [1.29, 1.82) is 5.26 Å². The average molecular weight is 337 g/mol. The number of fused-ring (bicyclic) bond motifs is 1. The SMILES string of the molecule is CCC(C)(C)C(=O)OCC(=O)OC[C@@H]1OC(=O)C2(C#N)CCCC12. The van der Waals surface area contributed by atoms with Crippen LogP contribution >= 0.6 is 0 Å². The molecule has 0 spiro atoms.